The second-order valence-electron chi connectivity index (χ2n) is 7.59. The molecule has 5 heteroatoms. The van der Waals surface area contributed by atoms with Crippen LogP contribution in [-0.4, -0.2) is 16.6 Å². The number of ether oxygens (including phenoxy) is 1. The molecule has 0 amide bonds. The lowest BCUT2D eigenvalue weighted by Gasteiger charge is -2.13. The molecule has 1 aromatic carbocycles. The Morgan fingerprint density at radius 3 is 2.69 bits per heavy atom. The SMILES string of the molecule is CCCCCCCCOc1ccc(Nc2nc3c(s2)CCc2ccncc2-3)cc1. The van der Waals surface area contributed by atoms with E-state index in [9.17, 15) is 0 Å². The van der Waals surface area contributed by atoms with E-state index in [0.717, 1.165) is 48.1 Å². The van der Waals surface area contributed by atoms with Crippen LogP contribution in [0.15, 0.2) is 42.7 Å². The van der Waals surface area contributed by atoms with Crippen LogP contribution in [-0.2, 0) is 12.8 Å². The maximum absolute atomic E-state index is 5.88. The van der Waals surface area contributed by atoms with Gasteiger partial charge in [0.25, 0.3) is 0 Å². The second kappa shape index (κ2) is 9.88. The van der Waals surface area contributed by atoms with E-state index < -0.39 is 0 Å². The number of thiazole rings is 1. The Balaban J connectivity index is 1.29. The fourth-order valence-corrected chi connectivity index (χ4v) is 4.71. The highest BCUT2D eigenvalue weighted by Crippen LogP contribution is 2.38. The minimum atomic E-state index is 0.797. The molecule has 0 atom stereocenters. The van der Waals surface area contributed by atoms with E-state index in [-0.39, 0.29) is 0 Å². The number of nitrogens with one attached hydrogen (secondary N) is 1. The smallest absolute Gasteiger partial charge is 0.187 e. The molecule has 4 nitrogen and oxygen atoms in total. The molecule has 0 radical (unpaired) electrons. The number of pyridine rings is 1. The van der Waals surface area contributed by atoms with Gasteiger partial charge in [-0.3, -0.25) is 4.98 Å². The molecule has 0 aliphatic heterocycles. The number of unbranched alkanes of at least 4 members (excludes halogenated alkanes) is 5. The number of aryl methyl sites for hydroxylation is 2. The van der Waals surface area contributed by atoms with Crippen molar-refractivity contribution in [2.24, 2.45) is 0 Å². The maximum Gasteiger partial charge on any atom is 0.187 e. The van der Waals surface area contributed by atoms with Crippen LogP contribution in [0.3, 0.4) is 0 Å². The molecule has 0 fully saturated rings. The number of aromatic nitrogens is 2. The molecule has 1 aliphatic carbocycles. The van der Waals surface area contributed by atoms with Crippen LogP contribution in [0.2, 0.25) is 0 Å². The summed E-state index contributed by atoms with van der Waals surface area (Å²) in [5, 5.41) is 4.38. The molecular weight excluding hydrogens is 378 g/mol. The Morgan fingerprint density at radius 2 is 1.83 bits per heavy atom. The Morgan fingerprint density at radius 1 is 1.00 bits per heavy atom. The summed E-state index contributed by atoms with van der Waals surface area (Å²) in [5.41, 5.74) is 4.65. The van der Waals surface area contributed by atoms with E-state index in [2.05, 4.69) is 35.4 Å². The van der Waals surface area contributed by atoms with Gasteiger partial charge in [0.2, 0.25) is 0 Å². The molecule has 0 bridgehead atoms. The summed E-state index contributed by atoms with van der Waals surface area (Å²) in [5.74, 6) is 0.933. The first-order chi connectivity index (χ1) is 14.3. The first-order valence-corrected chi connectivity index (χ1v) is 11.6. The summed E-state index contributed by atoms with van der Waals surface area (Å²) in [6, 6.07) is 10.3. The highest BCUT2D eigenvalue weighted by Gasteiger charge is 2.20. The van der Waals surface area contributed by atoms with E-state index in [1.807, 2.05) is 24.5 Å². The zero-order valence-electron chi connectivity index (χ0n) is 17.1. The van der Waals surface area contributed by atoms with Gasteiger partial charge in [-0.05, 0) is 55.2 Å². The van der Waals surface area contributed by atoms with Gasteiger partial charge in [0.05, 0.1) is 12.3 Å². The van der Waals surface area contributed by atoms with Crippen molar-refractivity contribution in [2.45, 2.75) is 58.3 Å². The van der Waals surface area contributed by atoms with E-state index in [4.69, 9.17) is 9.72 Å². The van der Waals surface area contributed by atoms with E-state index in [1.165, 1.54) is 48.1 Å². The average molecular weight is 408 g/mol. The molecule has 3 aromatic rings. The summed E-state index contributed by atoms with van der Waals surface area (Å²) < 4.78 is 5.88. The summed E-state index contributed by atoms with van der Waals surface area (Å²) in [6.07, 6.45) is 13.6. The molecule has 0 saturated heterocycles. The van der Waals surface area contributed by atoms with Crippen LogP contribution < -0.4 is 10.1 Å². The number of hydrogen-bond acceptors (Lipinski definition) is 5. The van der Waals surface area contributed by atoms with Gasteiger partial charge in [0, 0.05) is 28.5 Å². The number of benzene rings is 1. The van der Waals surface area contributed by atoms with Crippen LogP contribution in [0.4, 0.5) is 10.8 Å². The topological polar surface area (TPSA) is 47.0 Å². The van der Waals surface area contributed by atoms with Crippen molar-refractivity contribution in [3.05, 3.63) is 53.2 Å². The Bertz CT molecular complexity index is 920. The van der Waals surface area contributed by atoms with Crippen molar-refractivity contribution in [3.63, 3.8) is 0 Å². The predicted octanol–water partition coefficient (Wildman–Crippen LogP) is 6.79. The van der Waals surface area contributed by atoms with E-state index >= 15 is 0 Å². The van der Waals surface area contributed by atoms with Crippen molar-refractivity contribution in [2.75, 3.05) is 11.9 Å². The normalized spacial score (nSPS) is 12.3. The zero-order valence-corrected chi connectivity index (χ0v) is 17.9. The summed E-state index contributed by atoms with van der Waals surface area (Å²) in [7, 11) is 0. The monoisotopic (exact) mass is 407 g/mol. The quantitative estimate of drug-likeness (QED) is 0.376. The lowest BCUT2D eigenvalue weighted by atomic mass is 9.96. The molecule has 152 valence electrons. The molecule has 4 rings (SSSR count). The third-order valence-corrected chi connectivity index (χ3v) is 6.39. The number of nitrogens with zero attached hydrogens (tertiary/aromatic N) is 2. The zero-order chi connectivity index (χ0) is 19.9. The average Bonchev–Trinajstić information content (AvgIpc) is 3.17. The van der Waals surface area contributed by atoms with Gasteiger partial charge in [0.15, 0.2) is 5.13 Å². The predicted molar refractivity (Wildman–Crippen MR) is 121 cm³/mol. The maximum atomic E-state index is 5.88. The van der Waals surface area contributed by atoms with Crippen molar-refractivity contribution < 1.29 is 4.74 Å². The second-order valence-corrected chi connectivity index (χ2v) is 8.67. The van der Waals surface area contributed by atoms with Crippen LogP contribution in [0.25, 0.3) is 11.3 Å². The first kappa shape index (κ1) is 19.9. The molecule has 2 heterocycles. The third kappa shape index (κ3) is 5.15. The lowest BCUT2D eigenvalue weighted by molar-refractivity contribution is 0.304. The van der Waals surface area contributed by atoms with Crippen molar-refractivity contribution >= 4 is 22.2 Å². The summed E-state index contributed by atoms with van der Waals surface area (Å²) in [6.45, 7) is 3.05. The lowest BCUT2D eigenvalue weighted by Crippen LogP contribution is -2.02. The van der Waals surface area contributed by atoms with Crippen molar-refractivity contribution in [1.82, 2.24) is 9.97 Å². The molecular formula is C24H29N3OS. The van der Waals surface area contributed by atoms with Crippen LogP contribution in [0.5, 0.6) is 5.75 Å². The first-order valence-electron chi connectivity index (χ1n) is 10.8. The molecule has 0 unspecified atom stereocenters. The molecule has 0 spiro atoms. The number of hydrogen-bond donors (Lipinski definition) is 1. The summed E-state index contributed by atoms with van der Waals surface area (Å²) in [4.78, 5) is 10.5. The van der Waals surface area contributed by atoms with Crippen LogP contribution >= 0.6 is 11.3 Å². The highest BCUT2D eigenvalue weighted by molar-refractivity contribution is 7.16. The number of rotatable bonds is 10. The Labute approximate surface area is 177 Å². The Hall–Kier alpha value is -2.40. The van der Waals surface area contributed by atoms with Gasteiger partial charge >= 0.3 is 0 Å². The van der Waals surface area contributed by atoms with E-state index in [0.29, 0.717) is 0 Å². The number of anilines is 2. The van der Waals surface area contributed by atoms with Gasteiger partial charge in [-0.25, -0.2) is 4.98 Å². The minimum Gasteiger partial charge on any atom is -0.494 e. The highest BCUT2D eigenvalue weighted by atomic mass is 32.1. The fourth-order valence-electron chi connectivity index (χ4n) is 3.72. The van der Waals surface area contributed by atoms with Gasteiger partial charge in [-0.2, -0.15) is 0 Å². The minimum absolute atomic E-state index is 0.797. The molecule has 0 saturated carbocycles. The van der Waals surface area contributed by atoms with Gasteiger partial charge in [-0.15, -0.1) is 11.3 Å². The van der Waals surface area contributed by atoms with Gasteiger partial charge < -0.3 is 10.1 Å². The van der Waals surface area contributed by atoms with Crippen LogP contribution in [0, 0.1) is 0 Å². The number of fused-ring (bicyclic) bond motifs is 3. The molecule has 2 aromatic heterocycles. The largest absolute Gasteiger partial charge is 0.494 e. The van der Waals surface area contributed by atoms with Gasteiger partial charge in [0.1, 0.15) is 5.75 Å². The van der Waals surface area contributed by atoms with Crippen molar-refractivity contribution in [3.8, 4) is 17.0 Å². The third-order valence-electron chi connectivity index (χ3n) is 5.36. The van der Waals surface area contributed by atoms with Crippen molar-refractivity contribution in [1.29, 1.82) is 0 Å². The molecule has 1 N–H and O–H groups in total. The molecule has 29 heavy (non-hydrogen) atoms. The van der Waals surface area contributed by atoms with E-state index in [1.54, 1.807) is 11.3 Å². The summed E-state index contributed by atoms with van der Waals surface area (Å²) >= 11 is 1.74. The fraction of sp³-hybridized carbons (Fsp3) is 0.417. The standard InChI is InChI=1S/C24H29N3OS/c1-2-3-4-5-6-7-16-28-20-11-9-19(10-12-20)26-24-27-23-21-17-25-15-14-18(21)8-13-22(23)29-24/h9-12,14-15,17H,2-8,13,16H2,1H3,(H,26,27). The van der Waals surface area contributed by atoms with Gasteiger partial charge in [-0.1, -0.05) is 39.0 Å². The Kier molecular flexibility index (Phi) is 6.78. The van der Waals surface area contributed by atoms with Crippen LogP contribution in [0.1, 0.15) is 55.9 Å². The molecule has 1 aliphatic rings.